The molecule has 0 saturated heterocycles. The van der Waals surface area contributed by atoms with Crippen LogP contribution in [0.25, 0.3) is 10.2 Å². The first-order valence-corrected chi connectivity index (χ1v) is 13.0. The van der Waals surface area contributed by atoms with Gasteiger partial charge in [-0.3, -0.25) is 9.52 Å². The lowest BCUT2D eigenvalue weighted by molar-refractivity contribution is 0.0998. The van der Waals surface area contributed by atoms with Crippen LogP contribution in [0.15, 0.2) is 70.6 Å². The lowest BCUT2D eigenvalue weighted by Gasteiger charge is -2.09. The Morgan fingerprint density at radius 1 is 1.03 bits per heavy atom. The number of hydrogen-bond donors (Lipinski definition) is 1. The van der Waals surface area contributed by atoms with E-state index in [2.05, 4.69) is 35.7 Å². The minimum absolute atomic E-state index is 0.114. The van der Waals surface area contributed by atoms with Crippen molar-refractivity contribution in [1.29, 1.82) is 0 Å². The highest BCUT2D eigenvalue weighted by Gasteiger charge is 2.15. The zero-order chi connectivity index (χ0) is 24.5. The van der Waals surface area contributed by atoms with Gasteiger partial charge in [-0.2, -0.15) is 4.99 Å². The van der Waals surface area contributed by atoms with Crippen molar-refractivity contribution in [3.63, 3.8) is 0 Å². The van der Waals surface area contributed by atoms with E-state index in [1.807, 2.05) is 11.5 Å². The van der Waals surface area contributed by atoms with E-state index in [1.54, 1.807) is 36.4 Å². The van der Waals surface area contributed by atoms with Gasteiger partial charge in [0, 0.05) is 17.8 Å². The van der Waals surface area contributed by atoms with Gasteiger partial charge in [0.15, 0.2) is 4.80 Å². The summed E-state index contributed by atoms with van der Waals surface area (Å²) in [4.78, 5) is 18.0. The SMILES string of the molecule is CCn1c(=NC(=O)c2ccc(NS(=O)(=O)c3ccc(OC)cc3)cc2)sc2cc(C)c(C)cc21. The Labute approximate surface area is 202 Å². The average Bonchev–Trinajstić information content (AvgIpc) is 3.15. The molecule has 9 heteroatoms. The Hall–Kier alpha value is -3.43. The van der Waals surface area contributed by atoms with Gasteiger partial charge in [-0.1, -0.05) is 11.3 Å². The number of aryl methyl sites for hydroxylation is 3. The minimum atomic E-state index is -3.77. The van der Waals surface area contributed by atoms with Crippen LogP contribution in [-0.2, 0) is 16.6 Å². The molecule has 0 unspecified atom stereocenters. The second kappa shape index (κ2) is 9.44. The molecule has 0 aliphatic rings. The number of benzene rings is 3. The molecule has 176 valence electrons. The molecule has 0 radical (unpaired) electrons. The third-order valence-corrected chi connectivity index (χ3v) is 8.00. The molecule has 0 aliphatic heterocycles. The molecule has 1 amide bonds. The molecule has 1 aromatic heterocycles. The number of sulfonamides is 1. The standard InChI is InChI=1S/C25H25N3O4S2/c1-5-28-22-14-16(2)17(3)15-23(22)33-25(28)26-24(29)18-6-8-19(9-7-18)27-34(30,31)21-12-10-20(32-4)11-13-21/h6-15,27H,5H2,1-4H3. The zero-order valence-corrected chi connectivity index (χ0v) is 21.0. The number of anilines is 1. The topological polar surface area (TPSA) is 89.8 Å². The van der Waals surface area contributed by atoms with Crippen LogP contribution in [0.1, 0.15) is 28.4 Å². The van der Waals surface area contributed by atoms with Crippen molar-refractivity contribution in [2.75, 3.05) is 11.8 Å². The number of ether oxygens (including phenoxy) is 1. The molecule has 4 rings (SSSR count). The molecular weight excluding hydrogens is 470 g/mol. The molecule has 4 aromatic rings. The summed E-state index contributed by atoms with van der Waals surface area (Å²) >= 11 is 1.48. The fourth-order valence-electron chi connectivity index (χ4n) is 3.51. The molecule has 0 fully saturated rings. The Kier molecular flexibility index (Phi) is 6.58. The molecule has 34 heavy (non-hydrogen) atoms. The largest absolute Gasteiger partial charge is 0.497 e. The van der Waals surface area contributed by atoms with Crippen molar-refractivity contribution in [3.8, 4) is 5.75 Å². The lowest BCUT2D eigenvalue weighted by Crippen LogP contribution is -2.16. The predicted molar refractivity (Wildman–Crippen MR) is 135 cm³/mol. The normalized spacial score (nSPS) is 12.2. The summed E-state index contributed by atoms with van der Waals surface area (Å²) < 4.78 is 35.9. The Morgan fingerprint density at radius 2 is 1.68 bits per heavy atom. The molecule has 0 aliphatic carbocycles. The van der Waals surface area contributed by atoms with Crippen molar-refractivity contribution in [1.82, 2.24) is 4.57 Å². The van der Waals surface area contributed by atoms with Gasteiger partial charge in [0.2, 0.25) is 0 Å². The summed E-state index contributed by atoms with van der Waals surface area (Å²) in [6, 6.07) is 16.6. The molecule has 1 N–H and O–H groups in total. The molecule has 0 atom stereocenters. The van der Waals surface area contributed by atoms with Crippen LogP contribution in [-0.4, -0.2) is 26.0 Å². The van der Waals surface area contributed by atoms with Gasteiger partial charge in [-0.25, -0.2) is 8.42 Å². The van der Waals surface area contributed by atoms with E-state index >= 15 is 0 Å². The second-order valence-corrected chi connectivity index (χ2v) is 10.5. The number of carbonyl (C=O) groups is 1. The summed E-state index contributed by atoms with van der Waals surface area (Å²) in [5.74, 6) is 0.186. The van der Waals surface area contributed by atoms with Gasteiger partial charge in [0.05, 0.1) is 22.2 Å². The number of thiazole rings is 1. The third-order valence-electron chi connectivity index (χ3n) is 5.57. The van der Waals surface area contributed by atoms with Gasteiger partial charge < -0.3 is 9.30 Å². The highest BCUT2D eigenvalue weighted by molar-refractivity contribution is 7.92. The summed E-state index contributed by atoms with van der Waals surface area (Å²) in [6.07, 6.45) is 0. The monoisotopic (exact) mass is 495 g/mol. The molecule has 3 aromatic carbocycles. The molecule has 0 bridgehead atoms. The number of amides is 1. The number of hydrogen-bond acceptors (Lipinski definition) is 5. The van der Waals surface area contributed by atoms with Crippen LogP contribution in [0.2, 0.25) is 0 Å². The number of nitrogens with one attached hydrogen (secondary N) is 1. The number of methoxy groups -OCH3 is 1. The Bertz CT molecular complexity index is 1530. The predicted octanol–water partition coefficient (Wildman–Crippen LogP) is 4.89. The van der Waals surface area contributed by atoms with E-state index in [9.17, 15) is 13.2 Å². The number of carbonyl (C=O) groups excluding carboxylic acids is 1. The second-order valence-electron chi connectivity index (χ2n) is 7.81. The van der Waals surface area contributed by atoms with Crippen LogP contribution < -0.4 is 14.3 Å². The van der Waals surface area contributed by atoms with E-state index in [0.29, 0.717) is 28.3 Å². The van der Waals surface area contributed by atoms with Gasteiger partial charge >= 0.3 is 0 Å². The van der Waals surface area contributed by atoms with Gasteiger partial charge in [0.25, 0.3) is 15.9 Å². The smallest absolute Gasteiger partial charge is 0.279 e. The Morgan fingerprint density at radius 3 is 2.29 bits per heavy atom. The van der Waals surface area contributed by atoms with Gasteiger partial charge in [-0.05, 0) is 92.6 Å². The van der Waals surface area contributed by atoms with Gasteiger partial charge in [-0.15, -0.1) is 0 Å². The summed E-state index contributed by atoms with van der Waals surface area (Å²) in [6.45, 7) is 6.85. The molecule has 0 saturated carbocycles. The first-order valence-electron chi connectivity index (χ1n) is 10.7. The van der Waals surface area contributed by atoms with Crippen LogP contribution in [0.5, 0.6) is 5.75 Å². The number of nitrogens with zero attached hydrogens (tertiary/aromatic N) is 2. The summed E-state index contributed by atoms with van der Waals surface area (Å²) in [5.41, 5.74) is 4.18. The van der Waals surface area contributed by atoms with Crippen LogP contribution >= 0.6 is 11.3 Å². The maximum atomic E-state index is 12.8. The van der Waals surface area contributed by atoms with Crippen molar-refractivity contribution in [2.45, 2.75) is 32.2 Å². The molecular formula is C25H25N3O4S2. The van der Waals surface area contributed by atoms with Crippen molar-refractivity contribution >= 4 is 43.2 Å². The van der Waals surface area contributed by atoms with Crippen molar-refractivity contribution < 1.29 is 17.9 Å². The van der Waals surface area contributed by atoms with Crippen LogP contribution in [0.4, 0.5) is 5.69 Å². The summed E-state index contributed by atoms with van der Waals surface area (Å²) in [7, 11) is -2.25. The third kappa shape index (κ3) is 4.76. The highest BCUT2D eigenvalue weighted by atomic mass is 32.2. The fraction of sp³-hybridized carbons (Fsp3) is 0.200. The maximum absolute atomic E-state index is 12.8. The van der Waals surface area contributed by atoms with E-state index in [4.69, 9.17) is 4.74 Å². The van der Waals surface area contributed by atoms with Crippen molar-refractivity contribution in [2.24, 2.45) is 4.99 Å². The fourth-order valence-corrected chi connectivity index (χ4v) is 5.74. The Balaban J connectivity index is 1.58. The first-order chi connectivity index (χ1) is 16.2. The van der Waals surface area contributed by atoms with E-state index < -0.39 is 10.0 Å². The van der Waals surface area contributed by atoms with E-state index in [1.165, 1.54) is 41.7 Å². The maximum Gasteiger partial charge on any atom is 0.279 e. The molecule has 0 spiro atoms. The highest BCUT2D eigenvalue weighted by Crippen LogP contribution is 2.23. The summed E-state index contributed by atoms with van der Waals surface area (Å²) in [5, 5.41) is 0. The van der Waals surface area contributed by atoms with Crippen LogP contribution in [0.3, 0.4) is 0 Å². The molecule has 1 heterocycles. The molecule has 7 nitrogen and oxygen atoms in total. The quantitative estimate of drug-likeness (QED) is 0.412. The number of rotatable bonds is 6. The average molecular weight is 496 g/mol. The van der Waals surface area contributed by atoms with Gasteiger partial charge in [0.1, 0.15) is 5.75 Å². The minimum Gasteiger partial charge on any atom is -0.497 e. The zero-order valence-electron chi connectivity index (χ0n) is 19.3. The number of aromatic nitrogens is 1. The first kappa shape index (κ1) is 23.7. The lowest BCUT2D eigenvalue weighted by atomic mass is 10.1. The van der Waals surface area contributed by atoms with E-state index in [-0.39, 0.29) is 10.8 Å². The number of fused-ring (bicyclic) bond motifs is 1. The van der Waals surface area contributed by atoms with E-state index in [0.717, 1.165) is 10.2 Å². The van der Waals surface area contributed by atoms with Crippen LogP contribution in [0, 0.1) is 13.8 Å². The van der Waals surface area contributed by atoms with Crippen molar-refractivity contribution in [3.05, 3.63) is 82.2 Å².